The van der Waals surface area contributed by atoms with Crippen molar-refractivity contribution in [2.75, 3.05) is 16.0 Å². The van der Waals surface area contributed by atoms with Crippen LogP contribution in [0.15, 0.2) is 67.0 Å². The molecule has 3 amide bonds. The van der Waals surface area contributed by atoms with Crippen molar-refractivity contribution in [3.63, 3.8) is 0 Å². The van der Waals surface area contributed by atoms with E-state index in [4.69, 9.17) is 11.6 Å². The summed E-state index contributed by atoms with van der Waals surface area (Å²) >= 11 is 6.08. The number of nitrogens with one attached hydrogen (secondary N) is 3. The lowest BCUT2D eigenvalue weighted by molar-refractivity contribution is 0.102. The molecule has 2 aromatic carbocycles. The van der Waals surface area contributed by atoms with Gasteiger partial charge < -0.3 is 16.0 Å². The number of carbonyl (C=O) groups excluding carboxylic acids is 2. The summed E-state index contributed by atoms with van der Waals surface area (Å²) in [6.07, 6.45) is 3.17. The average molecular weight is 492 g/mol. The number of para-hydroxylation sites is 1. The van der Waals surface area contributed by atoms with Crippen molar-refractivity contribution in [2.24, 2.45) is 7.05 Å². The molecule has 0 spiro atoms. The third-order valence-corrected chi connectivity index (χ3v) is 5.55. The van der Waals surface area contributed by atoms with E-state index in [2.05, 4.69) is 46.9 Å². The molecule has 0 aliphatic heterocycles. The summed E-state index contributed by atoms with van der Waals surface area (Å²) in [7, 11) is 1.79. The maximum absolute atomic E-state index is 12.9. The van der Waals surface area contributed by atoms with Crippen LogP contribution >= 0.6 is 11.6 Å². The number of carbonyl (C=O) groups is 2. The van der Waals surface area contributed by atoms with E-state index in [0.29, 0.717) is 33.5 Å². The van der Waals surface area contributed by atoms with Gasteiger partial charge in [-0.15, -0.1) is 0 Å². The zero-order valence-electron chi connectivity index (χ0n) is 19.8. The number of halogens is 1. The molecule has 4 rings (SSSR count). The molecule has 3 N–H and O–H groups in total. The van der Waals surface area contributed by atoms with Crippen molar-refractivity contribution in [3.8, 4) is 5.69 Å². The number of aryl methyl sites for hydroxylation is 1. The fraction of sp³-hybridized carbons (Fsp3) is 0.200. The van der Waals surface area contributed by atoms with Gasteiger partial charge >= 0.3 is 6.03 Å². The second-order valence-electron chi connectivity index (χ2n) is 9.03. The lowest BCUT2D eigenvalue weighted by atomic mass is 9.92. The first-order chi connectivity index (χ1) is 16.6. The number of aromatic nitrogens is 4. The van der Waals surface area contributed by atoms with E-state index in [-0.39, 0.29) is 11.3 Å². The van der Waals surface area contributed by atoms with Crippen molar-refractivity contribution >= 4 is 40.7 Å². The average Bonchev–Trinajstić information content (AvgIpc) is 3.42. The number of benzene rings is 2. The second-order valence-corrected chi connectivity index (χ2v) is 9.43. The largest absolute Gasteiger partial charge is 0.323 e. The predicted molar refractivity (Wildman–Crippen MR) is 138 cm³/mol. The third kappa shape index (κ3) is 5.70. The molecule has 9 nitrogen and oxygen atoms in total. The quantitative estimate of drug-likeness (QED) is 0.345. The number of hydrogen-bond acceptors (Lipinski definition) is 4. The Hall–Kier alpha value is -4.11. The van der Waals surface area contributed by atoms with E-state index in [1.807, 2.05) is 12.1 Å². The van der Waals surface area contributed by atoms with Crippen molar-refractivity contribution in [1.29, 1.82) is 0 Å². The van der Waals surface area contributed by atoms with Gasteiger partial charge in [0, 0.05) is 24.1 Å². The van der Waals surface area contributed by atoms with Crippen LogP contribution in [0.5, 0.6) is 0 Å². The lowest BCUT2D eigenvalue weighted by Gasteiger charge is -2.13. The van der Waals surface area contributed by atoms with Gasteiger partial charge in [-0.2, -0.15) is 10.2 Å². The predicted octanol–water partition coefficient (Wildman–Crippen LogP) is 5.45. The lowest BCUT2D eigenvalue weighted by Crippen LogP contribution is -2.19. The summed E-state index contributed by atoms with van der Waals surface area (Å²) in [5.74, 6) is 0.348. The highest BCUT2D eigenvalue weighted by Crippen LogP contribution is 2.24. The molecule has 0 atom stereocenters. The van der Waals surface area contributed by atoms with E-state index in [1.165, 1.54) is 6.20 Å². The van der Waals surface area contributed by atoms with Gasteiger partial charge in [0.1, 0.15) is 5.82 Å². The fourth-order valence-corrected chi connectivity index (χ4v) is 3.49. The van der Waals surface area contributed by atoms with E-state index in [1.54, 1.807) is 65.1 Å². The first kappa shape index (κ1) is 24.0. The second kappa shape index (κ2) is 9.63. The number of rotatable bonds is 5. The first-order valence-corrected chi connectivity index (χ1v) is 11.3. The Morgan fingerprint density at radius 3 is 2.46 bits per heavy atom. The highest BCUT2D eigenvalue weighted by molar-refractivity contribution is 6.33. The normalized spacial score (nSPS) is 11.2. The third-order valence-electron chi connectivity index (χ3n) is 5.23. The topological polar surface area (TPSA) is 106 Å². The molecule has 0 fully saturated rings. The highest BCUT2D eigenvalue weighted by Gasteiger charge is 2.20. The van der Waals surface area contributed by atoms with Crippen LogP contribution in [-0.4, -0.2) is 31.5 Å². The molecule has 0 aliphatic carbocycles. The van der Waals surface area contributed by atoms with Gasteiger partial charge in [0.15, 0.2) is 0 Å². The molecule has 4 aromatic rings. The Labute approximate surface area is 208 Å². The number of nitrogens with zero attached hydrogens (tertiary/aromatic N) is 4. The van der Waals surface area contributed by atoms with Crippen LogP contribution in [0.25, 0.3) is 5.69 Å². The molecular weight excluding hydrogens is 466 g/mol. The summed E-state index contributed by atoms with van der Waals surface area (Å²) < 4.78 is 3.23. The van der Waals surface area contributed by atoms with Crippen molar-refractivity contribution in [1.82, 2.24) is 19.6 Å². The smallest absolute Gasteiger partial charge is 0.307 e. The van der Waals surface area contributed by atoms with Crippen LogP contribution in [0.2, 0.25) is 5.02 Å². The van der Waals surface area contributed by atoms with Crippen LogP contribution in [0.4, 0.5) is 22.0 Å². The highest BCUT2D eigenvalue weighted by atomic mass is 35.5. The van der Waals surface area contributed by atoms with Gasteiger partial charge in [-0.25, -0.2) is 9.48 Å². The Morgan fingerprint density at radius 1 is 0.971 bits per heavy atom. The van der Waals surface area contributed by atoms with E-state index < -0.39 is 6.03 Å². The number of anilines is 3. The van der Waals surface area contributed by atoms with Crippen LogP contribution in [-0.2, 0) is 12.5 Å². The van der Waals surface area contributed by atoms with Crippen LogP contribution < -0.4 is 16.0 Å². The molecule has 0 unspecified atom stereocenters. The summed E-state index contributed by atoms with van der Waals surface area (Å²) in [6, 6.07) is 15.4. The van der Waals surface area contributed by atoms with Gasteiger partial charge in [0.25, 0.3) is 5.91 Å². The van der Waals surface area contributed by atoms with Crippen LogP contribution in [0.3, 0.4) is 0 Å². The minimum atomic E-state index is -0.448. The van der Waals surface area contributed by atoms with Crippen molar-refractivity contribution in [3.05, 3.63) is 83.3 Å². The van der Waals surface area contributed by atoms with Crippen LogP contribution in [0, 0.1) is 0 Å². The molecule has 10 heteroatoms. The van der Waals surface area contributed by atoms with E-state index in [9.17, 15) is 9.59 Å². The van der Waals surface area contributed by atoms with Gasteiger partial charge in [-0.05, 0) is 30.3 Å². The fourth-order valence-electron chi connectivity index (χ4n) is 3.30. The minimum absolute atomic E-state index is 0.128. The van der Waals surface area contributed by atoms with Crippen molar-refractivity contribution < 1.29 is 9.59 Å². The standard InChI is InChI=1S/C25H26ClN7O2/c1-25(2,3)21-13-22(32(4)31-21)30-23(34)16-8-7-9-18(12-16)33-15-17(14-27-33)28-24(35)29-20-11-6-5-10-19(20)26/h5-15H,1-4H3,(H,30,34)(H2,28,29,35). The summed E-state index contributed by atoms with van der Waals surface area (Å²) in [5, 5.41) is 17.5. The summed E-state index contributed by atoms with van der Waals surface area (Å²) in [4.78, 5) is 25.2. The molecular formula is C25H26ClN7O2. The zero-order valence-corrected chi connectivity index (χ0v) is 20.6. The van der Waals surface area contributed by atoms with Crippen molar-refractivity contribution in [2.45, 2.75) is 26.2 Å². The maximum atomic E-state index is 12.9. The van der Waals surface area contributed by atoms with Gasteiger partial charge in [0.2, 0.25) is 0 Å². The number of hydrogen-bond donors (Lipinski definition) is 3. The van der Waals surface area contributed by atoms with E-state index in [0.717, 1.165) is 5.69 Å². The molecule has 2 aromatic heterocycles. The molecule has 0 radical (unpaired) electrons. The monoisotopic (exact) mass is 491 g/mol. The molecule has 180 valence electrons. The molecule has 0 saturated heterocycles. The number of urea groups is 1. The van der Waals surface area contributed by atoms with Gasteiger partial charge in [0.05, 0.1) is 40.2 Å². The number of amides is 3. The molecule has 35 heavy (non-hydrogen) atoms. The summed E-state index contributed by atoms with van der Waals surface area (Å²) in [6.45, 7) is 6.20. The Balaban J connectivity index is 1.45. The SMILES string of the molecule is Cn1nc(C(C)(C)C)cc1NC(=O)c1cccc(-n2cc(NC(=O)Nc3ccccc3Cl)cn2)c1. The van der Waals surface area contributed by atoms with Gasteiger partial charge in [-0.1, -0.05) is 50.6 Å². The van der Waals surface area contributed by atoms with Gasteiger partial charge in [-0.3, -0.25) is 9.48 Å². The molecule has 0 bridgehead atoms. The zero-order chi connectivity index (χ0) is 25.2. The molecule has 0 aliphatic rings. The Kier molecular flexibility index (Phi) is 6.61. The Bertz CT molecular complexity index is 1380. The summed E-state index contributed by atoms with van der Waals surface area (Å²) in [5.41, 5.74) is 2.87. The molecule has 2 heterocycles. The maximum Gasteiger partial charge on any atom is 0.323 e. The first-order valence-electron chi connectivity index (χ1n) is 10.9. The molecule has 0 saturated carbocycles. The Morgan fingerprint density at radius 2 is 1.74 bits per heavy atom. The van der Waals surface area contributed by atoms with Crippen LogP contribution in [0.1, 0.15) is 36.8 Å². The minimum Gasteiger partial charge on any atom is -0.307 e. The van der Waals surface area contributed by atoms with E-state index >= 15 is 0 Å².